The maximum absolute atomic E-state index is 12.4. The van der Waals surface area contributed by atoms with Gasteiger partial charge in [0.05, 0.1) is 6.04 Å². The van der Waals surface area contributed by atoms with Crippen molar-refractivity contribution in [1.29, 1.82) is 0 Å². The largest absolute Gasteiger partial charge is 0.352 e. The zero-order valence-corrected chi connectivity index (χ0v) is 13.4. The number of nitrogens with one attached hydrogen (secondary N) is 2. The Balaban J connectivity index is 0.00000161. The number of amides is 1. The van der Waals surface area contributed by atoms with E-state index < -0.39 is 0 Å². The fourth-order valence-electron chi connectivity index (χ4n) is 3.54. The van der Waals surface area contributed by atoms with Gasteiger partial charge < -0.3 is 10.6 Å². The molecular weight excluding hydrogens is 284 g/mol. The summed E-state index contributed by atoms with van der Waals surface area (Å²) in [6, 6.07) is 8.62. The van der Waals surface area contributed by atoms with Crippen LogP contribution in [0, 0.1) is 5.92 Å². The van der Waals surface area contributed by atoms with E-state index in [0.29, 0.717) is 12.0 Å². The first-order chi connectivity index (χ1) is 9.74. The molecule has 0 aromatic heterocycles. The lowest BCUT2D eigenvalue weighted by Crippen LogP contribution is -2.51. The van der Waals surface area contributed by atoms with Crippen LogP contribution in [0.25, 0.3) is 0 Å². The fraction of sp³-hybridized carbons (Fsp3) is 0.588. The lowest BCUT2D eigenvalue weighted by Gasteiger charge is -2.28. The summed E-state index contributed by atoms with van der Waals surface area (Å²) in [6.45, 7) is 2.96. The lowest BCUT2D eigenvalue weighted by molar-refractivity contribution is -0.124. The Morgan fingerprint density at radius 1 is 1.24 bits per heavy atom. The molecule has 21 heavy (non-hydrogen) atoms. The summed E-state index contributed by atoms with van der Waals surface area (Å²) in [5.74, 6) is 0.841. The monoisotopic (exact) mass is 308 g/mol. The third-order valence-electron chi connectivity index (χ3n) is 4.87. The van der Waals surface area contributed by atoms with E-state index in [0.717, 1.165) is 13.0 Å². The molecule has 0 spiro atoms. The highest BCUT2D eigenvalue weighted by atomic mass is 35.5. The van der Waals surface area contributed by atoms with Crippen LogP contribution in [0.1, 0.15) is 43.7 Å². The number of hydrogen-bond acceptors (Lipinski definition) is 2. The summed E-state index contributed by atoms with van der Waals surface area (Å²) in [5, 5.41) is 6.58. The number of carbonyl (C=O) groups is 1. The molecule has 2 aliphatic rings. The predicted molar refractivity (Wildman–Crippen MR) is 87.6 cm³/mol. The first-order valence-electron chi connectivity index (χ1n) is 7.84. The Kier molecular flexibility index (Phi) is 5.65. The molecule has 3 nitrogen and oxygen atoms in total. The summed E-state index contributed by atoms with van der Waals surface area (Å²) >= 11 is 0. The van der Waals surface area contributed by atoms with Gasteiger partial charge in [0.25, 0.3) is 0 Å². The standard InChI is InChI=1S/C17H24N2O.ClH/c1-12(13-6-2-3-7-13)19-17(20)16-10-14-8-4-5-9-15(14)11-18-16;/h4-5,8-9,12-13,16,18H,2-3,6-7,10-11H2,1H3,(H,19,20);1H. The molecule has 2 N–H and O–H groups in total. The number of rotatable bonds is 3. The van der Waals surface area contributed by atoms with Crippen LogP contribution in [0.4, 0.5) is 0 Å². The van der Waals surface area contributed by atoms with Crippen molar-refractivity contribution in [3.8, 4) is 0 Å². The molecular formula is C17H25ClN2O. The van der Waals surface area contributed by atoms with Gasteiger partial charge in [0.2, 0.25) is 5.91 Å². The molecule has 1 saturated carbocycles. The summed E-state index contributed by atoms with van der Waals surface area (Å²) < 4.78 is 0. The highest BCUT2D eigenvalue weighted by Crippen LogP contribution is 2.27. The SMILES string of the molecule is CC(NC(=O)C1Cc2ccccc2CN1)C1CCCC1.Cl. The first kappa shape index (κ1) is 16.3. The van der Waals surface area contributed by atoms with Crippen molar-refractivity contribution in [2.24, 2.45) is 5.92 Å². The second-order valence-electron chi connectivity index (χ2n) is 6.25. The van der Waals surface area contributed by atoms with Crippen LogP contribution in [0.2, 0.25) is 0 Å². The minimum Gasteiger partial charge on any atom is -0.352 e. The smallest absolute Gasteiger partial charge is 0.237 e. The quantitative estimate of drug-likeness (QED) is 0.901. The van der Waals surface area contributed by atoms with Gasteiger partial charge >= 0.3 is 0 Å². The van der Waals surface area contributed by atoms with Gasteiger partial charge in [0, 0.05) is 12.6 Å². The number of fused-ring (bicyclic) bond motifs is 1. The molecule has 0 bridgehead atoms. The van der Waals surface area contributed by atoms with Gasteiger partial charge in [-0.1, -0.05) is 37.1 Å². The van der Waals surface area contributed by atoms with Crippen LogP contribution >= 0.6 is 12.4 Å². The Bertz CT molecular complexity index is 485. The summed E-state index contributed by atoms with van der Waals surface area (Å²) in [5.41, 5.74) is 2.63. The zero-order valence-electron chi connectivity index (χ0n) is 12.6. The molecule has 1 heterocycles. The normalized spacial score (nSPS) is 23.0. The van der Waals surface area contributed by atoms with E-state index in [2.05, 4.69) is 41.8 Å². The number of carbonyl (C=O) groups excluding carboxylic acids is 1. The molecule has 3 rings (SSSR count). The lowest BCUT2D eigenvalue weighted by atomic mass is 9.94. The van der Waals surface area contributed by atoms with Crippen LogP contribution in [-0.2, 0) is 17.8 Å². The highest BCUT2D eigenvalue weighted by molar-refractivity contribution is 5.85. The van der Waals surface area contributed by atoms with Crippen molar-refractivity contribution < 1.29 is 4.79 Å². The van der Waals surface area contributed by atoms with Crippen LogP contribution in [-0.4, -0.2) is 18.0 Å². The molecule has 1 aliphatic carbocycles. The maximum Gasteiger partial charge on any atom is 0.237 e. The number of halogens is 1. The Labute approximate surface area is 133 Å². The van der Waals surface area contributed by atoms with Gasteiger partial charge in [0.1, 0.15) is 0 Å². The van der Waals surface area contributed by atoms with Crippen LogP contribution in [0.15, 0.2) is 24.3 Å². The summed E-state index contributed by atoms with van der Waals surface area (Å²) in [4.78, 5) is 12.4. The molecule has 116 valence electrons. The predicted octanol–water partition coefficient (Wildman–Crippen LogP) is 2.82. The van der Waals surface area contributed by atoms with Gasteiger partial charge in [-0.15, -0.1) is 12.4 Å². The molecule has 0 saturated heterocycles. The van der Waals surface area contributed by atoms with E-state index in [-0.39, 0.29) is 24.4 Å². The molecule has 1 amide bonds. The van der Waals surface area contributed by atoms with Gasteiger partial charge in [-0.3, -0.25) is 4.79 Å². The molecule has 1 fully saturated rings. The number of hydrogen-bond donors (Lipinski definition) is 2. The molecule has 1 aromatic rings. The van der Waals surface area contributed by atoms with Crippen LogP contribution in [0.5, 0.6) is 0 Å². The molecule has 4 heteroatoms. The summed E-state index contributed by atoms with van der Waals surface area (Å²) in [6.07, 6.45) is 5.98. The Morgan fingerprint density at radius 2 is 1.90 bits per heavy atom. The van der Waals surface area contributed by atoms with Crippen molar-refractivity contribution >= 4 is 18.3 Å². The average molecular weight is 309 g/mol. The van der Waals surface area contributed by atoms with E-state index >= 15 is 0 Å². The summed E-state index contributed by atoms with van der Waals surface area (Å²) in [7, 11) is 0. The van der Waals surface area contributed by atoms with Crippen molar-refractivity contribution in [1.82, 2.24) is 10.6 Å². The average Bonchev–Trinajstić information content (AvgIpc) is 3.01. The van der Waals surface area contributed by atoms with Crippen molar-refractivity contribution in [3.05, 3.63) is 35.4 Å². The second kappa shape index (κ2) is 7.28. The third kappa shape index (κ3) is 3.78. The molecule has 1 aromatic carbocycles. The number of benzene rings is 1. The van der Waals surface area contributed by atoms with E-state index in [4.69, 9.17) is 0 Å². The van der Waals surface area contributed by atoms with E-state index in [9.17, 15) is 4.79 Å². The van der Waals surface area contributed by atoms with Crippen molar-refractivity contribution in [2.45, 2.75) is 57.7 Å². The fourth-order valence-corrected chi connectivity index (χ4v) is 3.54. The molecule has 0 radical (unpaired) electrons. The molecule has 2 atom stereocenters. The molecule has 2 unspecified atom stereocenters. The van der Waals surface area contributed by atoms with E-state index in [1.807, 2.05) is 0 Å². The van der Waals surface area contributed by atoms with Crippen molar-refractivity contribution in [2.75, 3.05) is 0 Å². The Hall–Kier alpha value is -1.06. The minimum absolute atomic E-state index is 0. The van der Waals surface area contributed by atoms with E-state index in [1.165, 1.54) is 36.8 Å². The van der Waals surface area contributed by atoms with Gasteiger partial charge in [-0.2, -0.15) is 0 Å². The second-order valence-corrected chi connectivity index (χ2v) is 6.25. The van der Waals surface area contributed by atoms with E-state index in [1.54, 1.807) is 0 Å². The minimum atomic E-state index is -0.0752. The van der Waals surface area contributed by atoms with Gasteiger partial charge in [-0.25, -0.2) is 0 Å². The highest BCUT2D eigenvalue weighted by Gasteiger charge is 2.28. The van der Waals surface area contributed by atoms with Crippen LogP contribution < -0.4 is 10.6 Å². The third-order valence-corrected chi connectivity index (χ3v) is 4.87. The topological polar surface area (TPSA) is 41.1 Å². The Morgan fingerprint density at radius 3 is 2.62 bits per heavy atom. The van der Waals surface area contributed by atoms with Gasteiger partial charge in [0.15, 0.2) is 0 Å². The maximum atomic E-state index is 12.4. The molecule has 1 aliphatic heterocycles. The van der Waals surface area contributed by atoms with Crippen LogP contribution in [0.3, 0.4) is 0 Å². The zero-order chi connectivity index (χ0) is 13.9. The van der Waals surface area contributed by atoms with Crippen molar-refractivity contribution in [3.63, 3.8) is 0 Å². The first-order valence-corrected chi connectivity index (χ1v) is 7.84. The van der Waals surface area contributed by atoms with Gasteiger partial charge in [-0.05, 0) is 43.2 Å².